The van der Waals surface area contributed by atoms with Gasteiger partial charge in [0.1, 0.15) is 5.52 Å². The molecule has 1 aromatic carbocycles. The Morgan fingerprint density at radius 1 is 1.39 bits per heavy atom. The van der Waals surface area contributed by atoms with Gasteiger partial charge in [-0.25, -0.2) is 0 Å². The number of anilines is 1. The molecule has 18 heavy (non-hydrogen) atoms. The van der Waals surface area contributed by atoms with Gasteiger partial charge in [-0.2, -0.15) is 4.98 Å². The number of aromatic nitrogens is 1. The largest absolute Gasteiger partial charge is 0.423 e. The molecule has 0 unspecified atom stereocenters. The Morgan fingerprint density at radius 2 is 2.28 bits per heavy atom. The highest BCUT2D eigenvalue weighted by Gasteiger charge is 2.17. The Kier molecular flexibility index (Phi) is 3.19. The van der Waals surface area contributed by atoms with Crippen LogP contribution in [0.4, 0.5) is 6.01 Å². The monoisotopic (exact) mass is 245 g/mol. The SMILES string of the molecule is CN(C[C@H]1CCCCN1)c1nc2ccccc2o1. The van der Waals surface area contributed by atoms with Crippen molar-refractivity contribution in [2.75, 3.05) is 25.0 Å². The zero-order chi connectivity index (χ0) is 12.4. The van der Waals surface area contributed by atoms with Gasteiger partial charge in [0.2, 0.25) is 0 Å². The Bertz CT molecular complexity index is 483. The van der Waals surface area contributed by atoms with Gasteiger partial charge in [-0.3, -0.25) is 0 Å². The van der Waals surface area contributed by atoms with E-state index >= 15 is 0 Å². The third kappa shape index (κ3) is 2.34. The van der Waals surface area contributed by atoms with Gasteiger partial charge in [-0.15, -0.1) is 0 Å². The van der Waals surface area contributed by atoms with Crippen LogP contribution in [0.2, 0.25) is 0 Å². The standard InChI is InChI=1S/C14H19N3O/c1-17(10-11-6-4-5-9-15-11)14-16-12-7-2-3-8-13(12)18-14/h2-3,7-8,11,15H,4-6,9-10H2,1H3/t11-/m1/s1. The Morgan fingerprint density at radius 3 is 3.06 bits per heavy atom. The highest BCUT2D eigenvalue weighted by atomic mass is 16.4. The second-order valence-electron chi connectivity index (χ2n) is 4.99. The maximum Gasteiger partial charge on any atom is 0.298 e. The fraction of sp³-hybridized carbons (Fsp3) is 0.500. The number of hydrogen-bond donors (Lipinski definition) is 1. The summed E-state index contributed by atoms with van der Waals surface area (Å²) >= 11 is 0. The van der Waals surface area contributed by atoms with Gasteiger partial charge in [-0.05, 0) is 31.5 Å². The van der Waals surface area contributed by atoms with Crippen LogP contribution >= 0.6 is 0 Å². The fourth-order valence-corrected chi connectivity index (χ4v) is 2.51. The van der Waals surface area contributed by atoms with Gasteiger partial charge in [0.05, 0.1) is 0 Å². The van der Waals surface area contributed by atoms with E-state index in [2.05, 4.69) is 15.2 Å². The Balaban J connectivity index is 1.72. The van der Waals surface area contributed by atoms with Crippen LogP contribution in [0.5, 0.6) is 0 Å². The average Bonchev–Trinajstić information content (AvgIpc) is 2.84. The molecular formula is C14H19N3O. The second kappa shape index (κ2) is 4.98. The van der Waals surface area contributed by atoms with Crippen molar-refractivity contribution in [3.8, 4) is 0 Å². The second-order valence-corrected chi connectivity index (χ2v) is 4.99. The number of rotatable bonds is 3. The van der Waals surface area contributed by atoms with E-state index in [9.17, 15) is 0 Å². The summed E-state index contributed by atoms with van der Waals surface area (Å²) in [5, 5.41) is 3.54. The lowest BCUT2D eigenvalue weighted by Crippen LogP contribution is -2.42. The first kappa shape index (κ1) is 11.5. The molecule has 1 aliphatic rings. The molecule has 1 saturated heterocycles. The van der Waals surface area contributed by atoms with Crippen LogP contribution in [-0.2, 0) is 0 Å². The van der Waals surface area contributed by atoms with Crippen LogP contribution < -0.4 is 10.2 Å². The summed E-state index contributed by atoms with van der Waals surface area (Å²) in [6.45, 7) is 2.08. The van der Waals surface area contributed by atoms with Gasteiger partial charge in [0.25, 0.3) is 6.01 Å². The van der Waals surface area contributed by atoms with Crippen molar-refractivity contribution >= 4 is 17.1 Å². The van der Waals surface area contributed by atoms with Crippen LogP contribution in [0, 0.1) is 0 Å². The van der Waals surface area contributed by atoms with Crippen molar-refractivity contribution in [3.63, 3.8) is 0 Å². The quantitative estimate of drug-likeness (QED) is 0.901. The van der Waals surface area contributed by atoms with Crippen molar-refractivity contribution in [2.45, 2.75) is 25.3 Å². The van der Waals surface area contributed by atoms with Gasteiger partial charge in [0.15, 0.2) is 5.58 Å². The molecule has 4 nitrogen and oxygen atoms in total. The molecular weight excluding hydrogens is 226 g/mol. The summed E-state index contributed by atoms with van der Waals surface area (Å²) in [5.74, 6) is 0. The first-order valence-corrected chi connectivity index (χ1v) is 6.63. The molecule has 0 aliphatic carbocycles. The molecule has 1 aliphatic heterocycles. The van der Waals surface area contributed by atoms with E-state index in [4.69, 9.17) is 4.42 Å². The molecule has 2 heterocycles. The van der Waals surface area contributed by atoms with Gasteiger partial charge < -0.3 is 14.6 Å². The summed E-state index contributed by atoms with van der Waals surface area (Å²) in [6, 6.07) is 9.16. The summed E-state index contributed by atoms with van der Waals surface area (Å²) in [6.07, 6.45) is 3.85. The van der Waals surface area contributed by atoms with Crippen molar-refractivity contribution < 1.29 is 4.42 Å². The number of benzene rings is 1. The highest BCUT2D eigenvalue weighted by molar-refractivity contribution is 5.74. The van der Waals surface area contributed by atoms with E-state index in [-0.39, 0.29) is 0 Å². The van der Waals surface area contributed by atoms with Crippen LogP contribution in [-0.4, -0.2) is 31.2 Å². The zero-order valence-electron chi connectivity index (χ0n) is 10.7. The van der Waals surface area contributed by atoms with Crippen molar-refractivity contribution in [1.82, 2.24) is 10.3 Å². The predicted octanol–water partition coefficient (Wildman–Crippen LogP) is 2.41. The third-order valence-electron chi connectivity index (χ3n) is 3.52. The molecule has 0 saturated carbocycles. The zero-order valence-corrected chi connectivity index (χ0v) is 10.7. The first-order valence-electron chi connectivity index (χ1n) is 6.63. The van der Waals surface area contributed by atoms with Crippen molar-refractivity contribution in [3.05, 3.63) is 24.3 Å². The Hall–Kier alpha value is -1.55. The van der Waals surface area contributed by atoms with Crippen molar-refractivity contribution in [2.24, 2.45) is 0 Å². The number of piperidine rings is 1. The minimum atomic E-state index is 0.554. The van der Waals surface area contributed by atoms with Crippen LogP contribution in [0.1, 0.15) is 19.3 Å². The minimum Gasteiger partial charge on any atom is -0.423 e. The summed E-state index contributed by atoms with van der Waals surface area (Å²) < 4.78 is 5.76. The predicted molar refractivity (Wildman–Crippen MR) is 72.9 cm³/mol. The van der Waals surface area contributed by atoms with Gasteiger partial charge in [-0.1, -0.05) is 18.6 Å². The van der Waals surface area contributed by atoms with Gasteiger partial charge >= 0.3 is 0 Å². The average molecular weight is 245 g/mol. The molecule has 0 spiro atoms. The van der Waals surface area contributed by atoms with Crippen LogP contribution in [0.3, 0.4) is 0 Å². The number of para-hydroxylation sites is 2. The molecule has 0 radical (unpaired) electrons. The van der Waals surface area contributed by atoms with Gasteiger partial charge in [0, 0.05) is 19.6 Å². The van der Waals surface area contributed by atoms with E-state index in [0.29, 0.717) is 12.1 Å². The summed E-state index contributed by atoms with van der Waals surface area (Å²) in [7, 11) is 2.04. The molecule has 1 atom stereocenters. The molecule has 2 aromatic rings. The van der Waals surface area contributed by atoms with E-state index in [1.54, 1.807) is 0 Å². The smallest absolute Gasteiger partial charge is 0.298 e. The lowest BCUT2D eigenvalue weighted by molar-refractivity contribution is 0.397. The maximum atomic E-state index is 5.76. The van der Waals surface area contributed by atoms with E-state index in [1.165, 1.54) is 19.3 Å². The molecule has 3 rings (SSSR count). The van der Waals surface area contributed by atoms with E-state index in [1.807, 2.05) is 31.3 Å². The molecule has 96 valence electrons. The van der Waals surface area contributed by atoms with Crippen LogP contribution in [0.15, 0.2) is 28.7 Å². The fourth-order valence-electron chi connectivity index (χ4n) is 2.51. The number of nitrogens with one attached hydrogen (secondary N) is 1. The lowest BCUT2D eigenvalue weighted by Gasteiger charge is -2.27. The number of fused-ring (bicyclic) bond motifs is 1. The molecule has 1 fully saturated rings. The molecule has 0 bridgehead atoms. The minimum absolute atomic E-state index is 0.554. The summed E-state index contributed by atoms with van der Waals surface area (Å²) in [4.78, 5) is 6.61. The van der Waals surface area contributed by atoms with Crippen LogP contribution in [0.25, 0.3) is 11.1 Å². The number of hydrogen-bond acceptors (Lipinski definition) is 4. The molecule has 1 aromatic heterocycles. The Labute approximate surface area is 107 Å². The number of likely N-dealkylation sites (N-methyl/N-ethyl adjacent to an activating group) is 1. The molecule has 0 amide bonds. The molecule has 1 N–H and O–H groups in total. The van der Waals surface area contributed by atoms with E-state index < -0.39 is 0 Å². The highest BCUT2D eigenvalue weighted by Crippen LogP contribution is 2.21. The topological polar surface area (TPSA) is 41.3 Å². The lowest BCUT2D eigenvalue weighted by atomic mass is 10.1. The molecule has 4 heteroatoms. The number of nitrogens with zero attached hydrogens (tertiary/aromatic N) is 2. The number of oxazole rings is 1. The van der Waals surface area contributed by atoms with Crippen molar-refractivity contribution in [1.29, 1.82) is 0 Å². The third-order valence-corrected chi connectivity index (χ3v) is 3.52. The first-order chi connectivity index (χ1) is 8.83. The normalized spacial score (nSPS) is 20.2. The maximum absolute atomic E-state index is 5.76. The van der Waals surface area contributed by atoms with E-state index in [0.717, 1.165) is 24.2 Å². The summed E-state index contributed by atoms with van der Waals surface area (Å²) in [5.41, 5.74) is 1.78.